The molecule has 11 heavy (non-hydrogen) atoms. The first-order valence-corrected chi connectivity index (χ1v) is 4.07. The second kappa shape index (κ2) is 4.11. The average Bonchev–Trinajstić information content (AvgIpc) is 1.96. The Morgan fingerprint density at radius 3 is 2.91 bits per heavy atom. The number of hydrogen-bond donors (Lipinski definition) is 1. The van der Waals surface area contributed by atoms with Gasteiger partial charge in [0.1, 0.15) is 6.29 Å². The molecule has 0 aromatic rings. The van der Waals surface area contributed by atoms with E-state index >= 15 is 0 Å². The molecule has 3 heteroatoms. The minimum Gasteiger partial charge on any atom is -0.347 e. The van der Waals surface area contributed by atoms with Crippen molar-refractivity contribution in [3.63, 3.8) is 0 Å². The number of rotatable bonds is 1. The molecule has 0 spiro atoms. The highest BCUT2D eigenvalue weighted by Gasteiger charge is 2.13. The molecule has 1 N–H and O–H groups in total. The molecule has 1 heterocycles. The number of hydrogen-bond acceptors (Lipinski definition) is 2. The third-order valence-electron chi connectivity index (χ3n) is 1.93. The lowest BCUT2D eigenvalue weighted by Crippen LogP contribution is -2.36. The quantitative estimate of drug-likeness (QED) is 0.565. The maximum atomic E-state index is 10.9. The zero-order valence-corrected chi connectivity index (χ0v) is 6.51. The molecule has 1 rings (SSSR count). The Morgan fingerprint density at radius 1 is 1.36 bits per heavy atom. The fourth-order valence-corrected chi connectivity index (χ4v) is 1.28. The number of carbonyl (C=O) groups excluding carboxylic acids is 2. The monoisotopic (exact) mass is 155 g/mol. The van der Waals surface area contributed by atoms with Crippen molar-refractivity contribution in [3.05, 3.63) is 0 Å². The van der Waals surface area contributed by atoms with Gasteiger partial charge in [-0.1, -0.05) is 12.8 Å². The van der Waals surface area contributed by atoms with Crippen LogP contribution in [-0.4, -0.2) is 18.2 Å². The van der Waals surface area contributed by atoms with Crippen molar-refractivity contribution in [2.75, 3.05) is 0 Å². The minimum atomic E-state index is -0.234. The first-order chi connectivity index (χ1) is 5.33. The van der Waals surface area contributed by atoms with Crippen molar-refractivity contribution in [2.45, 2.75) is 38.1 Å². The van der Waals surface area contributed by atoms with Crippen LogP contribution in [0.3, 0.4) is 0 Å². The van der Waals surface area contributed by atoms with Crippen molar-refractivity contribution in [1.82, 2.24) is 5.32 Å². The molecule has 1 saturated heterocycles. The molecule has 0 radical (unpaired) electrons. The molecule has 0 aromatic heterocycles. The van der Waals surface area contributed by atoms with Crippen LogP contribution in [0.4, 0.5) is 0 Å². The summed E-state index contributed by atoms with van der Waals surface area (Å²) in [6, 6.07) is -0.234. The fraction of sp³-hybridized carbons (Fsp3) is 0.750. The van der Waals surface area contributed by atoms with Crippen molar-refractivity contribution in [2.24, 2.45) is 0 Å². The van der Waals surface area contributed by atoms with Crippen molar-refractivity contribution in [3.8, 4) is 0 Å². The topological polar surface area (TPSA) is 46.2 Å². The SMILES string of the molecule is O=CC1CCCCCC(=O)N1. The third kappa shape index (κ3) is 2.70. The Kier molecular flexibility index (Phi) is 3.08. The van der Waals surface area contributed by atoms with Crippen LogP contribution in [0.25, 0.3) is 0 Å². The Balaban J connectivity index is 2.41. The lowest BCUT2D eigenvalue weighted by Gasteiger charge is -2.15. The molecule has 1 amide bonds. The van der Waals surface area contributed by atoms with Gasteiger partial charge in [0.15, 0.2) is 0 Å². The molecule has 0 bridgehead atoms. The predicted octanol–water partition coefficient (Wildman–Crippen LogP) is 0.634. The van der Waals surface area contributed by atoms with E-state index < -0.39 is 0 Å². The maximum absolute atomic E-state index is 10.9. The Morgan fingerprint density at radius 2 is 2.18 bits per heavy atom. The van der Waals surface area contributed by atoms with E-state index in [9.17, 15) is 9.59 Å². The Bertz CT molecular complexity index is 156. The van der Waals surface area contributed by atoms with E-state index in [1.165, 1.54) is 0 Å². The summed E-state index contributed by atoms with van der Waals surface area (Å²) in [6.07, 6.45) is 5.27. The van der Waals surface area contributed by atoms with Crippen LogP contribution in [0.2, 0.25) is 0 Å². The molecule has 1 fully saturated rings. The summed E-state index contributed by atoms with van der Waals surface area (Å²) in [7, 11) is 0. The van der Waals surface area contributed by atoms with Gasteiger partial charge >= 0.3 is 0 Å². The molecule has 1 aliphatic rings. The summed E-state index contributed by atoms with van der Waals surface area (Å²) in [6.45, 7) is 0. The number of aldehydes is 1. The summed E-state index contributed by atoms with van der Waals surface area (Å²) in [5.74, 6) is 0.0156. The summed E-state index contributed by atoms with van der Waals surface area (Å²) in [4.78, 5) is 21.3. The van der Waals surface area contributed by atoms with Gasteiger partial charge in [-0.2, -0.15) is 0 Å². The third-order valence-corrected chi connectivity index (χ3v) is 1.93. The lowest BCUT2D eigenvalue weighted by atomic mass is 10.0. The van der Waals surface area contributed by atoms with Crippen LogP contribution in [0, 0.1) is 0 Å². The first kappa shape index (κ1) is 8.24. The minimum absolute atomic E-state index is 0.0156. The zero-order chi connectivity index (χ0) is 8.10. The first-order valence-electron chi connectivity index (χ1n) is 4.07. The molecule has 1 unspecified atom stereocenters. The van der Waals surface area contributed by atoms with E-state index in [-0.39, 0.29) is 11.9 Å². The van der Waals surface area contributed by atoms with Gasteiger partial charge in [-0.25, -0.2) is 0 Å². The smallest absolute Gasteiger partial charge is 0.220 e. The Hall–Kier alpha value is -0.860. The molecular formula is C8H13NO2. The summed E-state index contributed by atoms with van der Waals surface area (Å²) >= 11 is 0. The highest BCUT2D eigenvalue weighted by atomic mass is 16.2. The van der Waals surface area contributed by atoms with E-state index in [0.717, 1.165) is 32.0 Å². The second-order valence-corrected chi connectivity index (χ2v) is 2.91. The summed E-state index contributed by atoms with van der Waals surface area (Å²) < 4.78 is 0. The number of carbonyl (C=O) groups is 2. The van der Waals surface area contributed by atoms with Gasteiger partial charge in [0.25, 0.3) is 0 Å². The van der Waals surface area contributed by atoms with Gasteiger partial charge in [-0.3, -0.25) is 4.79 Å². The van der Waals surface area contributed by atoms with E-state index in [0.29, 0.717) is 6.42 Å². The molecule has 1 aliphatic heterocycles. The molecule has 3 nitrogen and oxygen atoms in total. The predicted molar refractivity (Wildman–Crippen MR) is 41.1 cm³/mol. The Labute approximate surface area is 66.2 Å². The van der Waals surface area contributed by atoms with E-state index in [1.807, 2.05) is 0 Å². The van der Waals surface area contributed by atoms with Crippen LogP contribution in [-0.2, 0) is 9.59 Å². The normalized spacial score (nSPS) is 26.5. The van der Waals surface area contributed by atoms with Gasteiger partial charge in [-0.15, -0.1) is 0 Å². The van der Waals surface area contributed by atoms with Crippen LogP contribution in [0.15, 0.2) is 0 Å². The van der Waals surface area contributed by atoms with Crippen LogP contribution < -0.4 is 5.32 Å². The van der Waals surface area contributed by atoms with Crippen molar-refractivity contribution >= 4 is 12.2 Å². The molecule has 0 aromatic carbocycles. The zero-order valence-electron chi connectivity index (χ0n) is 6.51. The average molecular weight is 155 g/mol. The summed E-state index contributed by atoms with van der Waals surface area (Å²) in [5.41, 5.74) is 0. The largest absolute Gasteiger partial charge is 0.347 e. The van der Waals surface area contributed by atoms with Crippen LogP contribution in [0.1, 0.15) is 32.1 Å². The fourth-order valence-electron chi connectivity index (χ4n) is 1.28. The van der Waals surface area contributed by atoms with E-state index in [4.69, 9.17) is 0 Å². The van der Waals surface area contributed by atoms with Crippen LogP contribution in [0.5, 0.6) is 0 Å². The molecule has 62 valence electrons. The highest BCUT2D eigenvalue weighted by Crippen LogP contribution is 2.08. The van der Waals surface area contributed by atoms with Crippen molar-refractivity contribution in [1.29, 1.82) is 0 Å². The maximum Gasteiger partial charge on any atom is 0.220 e. The number of nitrogens with one attached hydrogen (secondary N) is 1. The van der Waals surface area contributed by atoms with Gasteiger partial charge < -0.3 is 10.1 Å². The highest BCUT2D eigenvalue weighted by molar-refractivity contribution is 5.79. The van der Waals surface area contributed by atoms with Crippen LogP contribution >= 0.6 is 0 Å². The molecule has 1 atom stereocenters. The van der Waals surface area contributed by atoms with Crippen molar-refractivity contribution < 1.29 is 9.59 Å². The van der Waals surface area contributed by atoms with E-state index in [2.05, 4.69) is 5.32 Å². The standard InChI is InChI=1S/C8H13NO2/c10-6-7-4-2-1-3-5-8(11)9-7/h6-7H,1-5H2,(H,9,11). The molecule has 0 aliphatic carbocycles. The van der Waals surface area contributed by atoms with Gasteiger partial charge in [-0.05, 0) is 12.8 Å². The second-order valence-electron chi connectivity index (χ2n) is 2.91. The van der Waals surface area contributed by atoms with Gasteiger partial charge in [0.05, 0.1) is 6.04 Å². The van der Waals surface area contributed by atoms with Gasteiger partial charge in [0.2, 0.25) is 5.91 Å². The lowest BCUT2D eigenvalue weighted by molar-refractivity contribution is -0.124. The number of amides is 1. The molecular weight excluding hydrogens is 142 g/mol. The van der Waals surface area contributed by atoms with Gasteiger partial charge in [0, 0.05) is 6.42 Å². The van der Waals surface area contributed by atoms with E-state index in [1.54, 1.807) is 0 Å². The molecule has 0 saturated carbocycles. The summed E-state index contributed by atoms with van der Waals surface area (Å²) in [5, 5.41) is 2.66.